The summed E-state index contributed by atoms with van der Waals surface area (Å²) in [6.07, 6.45) is -3.10. The molecule has 0 aromatic heterocycles. The minimum Gasteiger partial charge on any atom is -0.481 e. The third-order valence-electron chi connectivity index (χ3n) is 5.77. The van der Waals surface area contributed by atoms with Crippen LogP contribution in [0.3, 0.4) is 0 Å². The average Bonchev–Trinajstić information content (AvgIpc) is 2.80. The van der Waals surface area contributed by atoms with E-state index in [0.717, 1.165) is 24.2 Å². The van der Waals surface area contributed by atoms with Gasteiger partial charge in [0.1, 0.15) is 18.0 Å². The second-order valence-corrected chi connectivity index (χ2v) is 10.9. The van der Waals surface area contributed by atoms with Gasteiger partial charge in [0.25, 0.3) is 0 Å². The standard InChI is InChI=1S/C23H33FN2O7S2/c24-14-5-3-4-13(10-14)12-34-8-1-2-9-35-21-15(11-17(27)19(30)20(21)31)23(33)26-16(22(25)32)6-7-18(28)29/h3-5,10,15-17,19-21,27,30-31H,1-2,6-9,11-12H2,(H2,25,32)(H,26,33)(H,28,29)/t15-,16+,17+,19-,20-,21-/m0/s1. The van der Waals surface area contributed by atoms with Crippen LogP contribution in [-0.2, 0) is 20.1 Å². The van der Waals surface area contributed by atoms with Crippen molar-refractivity contribution in [1.29, 1.82) is 0 Å². The van der Waals surface area contributed by atoms with Gasteiger partial charge in [-0.3, -0.25) is 14.4 Å². The number of primary amides is 1. The number of aliphatic hydroxyl groups excluding tert-OH is 3. The smallest absolute Gasteiger partial charge is 0.303 e. The highest BCUT2D eigenvalue weighted by Crippen LogP contribution is 2.35. The van der Waals surface area contributed by atoms with Crippen LogP contribution >= 0.6 is 23.5 Å². The topological polar surface area (TPSA) is 170 Å². The molecule has 1 aromatic carbocycles. The molecule has 0 aliphatic heterocycles. The van der Waals surface area contributed by atoms with Crippen LogP contribution < -0.4 is 11.1 Å². The maximum Gasteiger partial charge on any atom is 0.303 e. The third-order valence-corrected chi connectivity index (χ3v) is 8.40. The maximum atomic E-state index is 13.2. The Morgan fingerprint density at radius 1 is 1.14 bits per heavy atom. The molecule has 1 aliphatic carbocycles. The highest BCUT2D eigenvalue weighted by molar-refractivity contribution is 8.00. The van der Waals surface area contributed by atoms with Crippen molar-refractivity contribution >= 4 is 41.3 Å². The third kappa shape index (κ3) is 9.60. The van der Waals surface area contributed by atoms with Gasteiger partial charge in [-0.25, -0.2) is 4.39 Å². The van der Waals surface area contributed by atoms with Gasteiger partial charge in [-0.2, -0.15) is 23.5 Å². The number of halogens is 1. The molecule has 0 unspecified atom stereocenters. The molecule has 0 radical (unpaired) electrons. The molecular weight excluding hydrogens is 499 g/mol. The first kappa shape index (κ1) is 29.4. The summed E-state index contributed by atoms with van der Waals surface area (Å²) < 4.78 is 13.2. The molecule has 0 spiro atoms. The number of hydrogen-bond acceptors (Lipinski definition) is 8. The number of carboxylic acids is 1. The second-order valence-electron chi connectivity index (χ2n) is 8.51. The maximum absolute atomic E-state index is 13.2. The van der Waals surface area contributed by atoms with Crippen LogP contribution in [0, 0.1) is 11.7 Å². The Hall–Kier alpha value is -1.86. The lowest BCUT2D eigenvalue weighted by Gasteiger charge is -2.40. The van der Waals surface area contributed by atoms with E-state index in [4.69, 9.17) is 10.8 Å². The number of benzene rings is 1. The Balaban J connectivity index is 1.86. The lowest BCUT2D eigenvalue weighted by atomic mass is 9.82. The minimum atomic E-state index is -1.41. The van der Waals surface area contributed by atoms with Gasteiger partial charge in [0.15, 0.2) is 0 Å². The lowest BCUT2D eigenvalue weighted by Crippen LogP contribution is -2.57. The van der Waals surface area contributed by atoms with E-state index < -0.39 is 53.3 Å². The Labute approximate surface area is 212 Å². The Kier molecular flexibility index (Phi) is 12.3. The van der Waals surface area contributed by atoms with Crippen LogP contribution in [0.5, 0.6) is 0 Å². The number of carboxylic acid groups (broad SMARTS) is 1. The van der Waals surface area contributed by atoms with Gasteiger partial charge < -0.3 is 31.5 Å². The van der Waals surface area contributed by atoms with Gasteiger partial charge in [-0.15, -0.1) is 0 Å². The predicted octanol–water partition coefficient (Wildman–Crippen LogP) is 0.878. The first-order chi connectivity index (χ1) is 16.6. The van der Waals surface area contributed by atoms with E-state index in [1.54, 1.807) is 17.8 Å². The number of hydrogen-bond donors (Lipinski definition) is 6. The van der Waals surface area contributed by atoms with E-state index in [1.165, 1.54) is 23.9 Å². The lowest BCUT2D eigenvalue weighted by molar-refractivity contribution is -0.140. The van der Waals surface area contributed by atoms with Crippen molar-refractivity contribution in [3.63, 3.8) is 0 Å². The number of carbonyl (C=O) groups is 3. The number of thioether (sulfide) groups is 2. The van der Waals surface area contributed by atoms with Crippen LogP contribution in [0.15, 0.2) is 24.3 Å². The second kappa shape index (κ2) is 14.6. The fraction of sp³-hybridized carbons (Fsp3) is 0.609. The molecule has 1 saturated carbocycles. The van der Waals surface area contributed by atoms with Crippen molar-refractivity contribution in [1.82, 2.24) is 5.32 Å². The van der Waals surface area contributed by atoms with E-state index in [9.17, 15) is 34.1 Å². The summed E-state index contributed by atoms with van der Waals surface area (Å²) in [6, 6.07) is 5.25. The van der Waals surface area contributed by atoms with E-state index >= 15 is 0 Å². The molecular formula is C23H33FN2O7S2. The number of amides is 2. The molecule has 2 rings (SSSR count). The van der Waals surface area contributed by atoms with Gasteiger partial charge >= 0.3 is 5.97 Å². The number of aliphatic carboxylic acids is 1. The predicted molar refractivity (Wildman–Crippen MR) is 132 cm³/mol. The molecule has 2 amide bonds. The quantitative estimate of drug-likeness (QED) is 0.190. The summed E-state index contributed by atoms with van der Waals surface area (Å²) >= 11 is 2.98. The van der Waals surface area contributed by atoms with Crippen molar-refractivity contribution in [3.05, 3.63) is 35.6 Å². The van der Waals surface area contributed by atoms with Crippen molar-refractivity contribution in [3.8, 4) is 0 Å². The van der Waals surface area contributed by atoms with Crippen molar-refractivity contribution in [2.24, 2.45) is 11.7 Å². The molecule has 1 aliphatic rings. The molecule has 12 heteroatoms. The Bertz CT molecular complexity index is 863. The van der Waals surface area contributed by atoms with E-state index in [1.807, 2.05) is 6.07 Å². The number of unbranched alkanes of at least 4 members (excludes halogenated alkanes) is 1. The molecule has 9 nitrogen and oxygen atoms in total. The van der Waals surface area contributed by atoms with Crippen molar-refractivity contribution < 1.29 is 39.2 Å². The van der Waals surface area contributed by atoms with Crippen LogP contribution in [-0.4, -0.2) is 79.3 Å². The van der Waals surface area contributed by atoms with E-state index in [2.05, 4.69) is 5.32 Å². The Morgan fingerprint density at radius 2 is 1.86 bits per heavy atom. The summed E-state index contributed by atoms with van der Waals surface area (Å²) in [7, 11) is 0. The minimum absolute atomic E-state index is 0.115. The van der Waals surface area contributed by atoms with E-state index in [0.29, 0.717) is 11.5 Å². The summed E-state index contributed by atoms with van der Waals surface area (Å²) in [4.78, 5) is 35.3. The molecule has 1 fully saturated rings. The van der Waals surface area contributed by atoms with Gasteiger partial charge in [-0.05, 0) is 54.9 Å². The molecule has 0 saturated heterocycles. The molecule has 35 heavy (non-hydrogen) atoms. The van der Waals surface area contributed by atoms with Gasteiger partial charge in [0.05, 0.1) is 18.1 Å². The molecule has 7 N–H and O–H groups in total. The van der Waals surface area contributed by atoms with Crippen LogP contribution in [0.4, 0.5) is 4.39 Å². The average molecular weight is 533 g/mol. The zero-order chi connectivity index (χ0) is 26.0. The van der Waals surface area contributed by atoms with Gasteiger partial charge in [-0.1, -0.05) is 12.1 Å². The molecule has 0 bridgehead atoms. The highest BCUT2D eigenvalue weighted by Gasteiger charge is 2.46. The first-order valence-electron chi connectivity index (χ1n) is 11.4. The van der Waals surface area contributed by atoms with E-state index in [-0.39, 0.29) is 25.1 Å². The fourth-order valence-corrected chi connectivity index (χ4v) is 6.28. The SMILES string of the molecule is NC(=O)[C@@H](CCC(=O)O)NC(=O)[C@H]1C[C@@H](O)[C@H](O)[C@H](O)[C@H]1SCCCCSCc1cccc(F)c1. The van der Waals surface area contributed by atoms with Crippen molar-refractivity contribution in [2.45, 2.75) is 67.5 Å². The molecule has 1 aromatic rings. The van der Waals surface area contributed by atoms with Crippen LogP contribution in [0.1, 0.15) is 37.7 Å². The largest absolute Gasteiger partial charge is 0.481 e. The number of nitrogens with two attached hydrogens (primary N) is 1. The zero-order valence-electron chi connectivity index (χ0n) is 19.2. The normalized spacial score (nSPS) is 25.1. The van der Waals surface area contributed by atoms with Gasteiger partial charge in [0.2, 0.25) is 11.8 Å². The summed E-state index contributed by atoms with van der Waals surface area (Å²) in [5.41, 5.74) is 6.19. The van der Waals surface area contributed by atoms with Gasteiger partial charge in [0, 0.05) is 17.4 Å². The van der Waals surface area contributed by atoms with Crippen molar-refractivity contribution in [2.75, 3.05) is 11.5 Å². The monoisotopic (exact) mass is 532 g/mol. The number of aliphatic hydroxyl groups is 3. The fourth-order valence-electron chi connectivity index (χ4n) is 3.84. The molecule has 6 atom stereocenters. The van der Waals surface area contributed by atoms with Crippen LogP contribution in [0.25, 0.3) is 0 Å². The Morgan fingerprint density at radius 3 is 2.51 bits per heavy atom. The number of rotatable bonds is 14. The highest BCUT2D eigenvalue weighted by atomic mass is 32.2. The molecule has 0 heterocycles. The number of nitrogens with one attached hydrogen (secondary N) is 1. The summed E-state index contributed by atoms with van der Waals surface area (Å²) in [6.45, 7) is 0. The zero-order valence-corrected chi connectivity index (χ0v) is 20.8. The molecule has 196 valence electrons. The van der Waals surface area contributed by atoms with Crippen LogP contribution in [0.2, 0.25) is 0 Å². The number of carbonyl (C=O) groups excluding carboxylic acids is 2. The summed E-state index contributed by atoms with van der Waals surface area (Å²) in [5, 5.41) is 41.3. The summed E-state index contributed by atoms with van der Waals surface area (Å²) in [5.74, 6) is -1.68. The first-order valence-corrected chi connectivity index (χ1v) is 13.6.